The number of sulfonamides is 1. The summed E-state index contributed by atoms with van der Waals surface area (Å²) in [7, 11) is -1.90. The van der Waals surface area contributed by atoms with Crippen molar-refractivity contribution in [1.82, 2.24) is 8.87 Å². The summed E-state index contributed by atoms with van der Waals surface area (Å²) < 4.78 is 35.5. The van der Waals surface area contributed by atoms with E-state index in [1.165, 1.54) is 10.4 Å². The molecule has 0 aliphatic carbocycles. The quantitative estimate of drug-likeness (QED) is 0.556. The molecule has 0 saturated carbocycles. The van der Waals surface area contributed by atoms with Gasteiger partial charge < -0.3 is 9.30 Å². The van der Waals surface area contributed by atoms with Gasteiger partial charge in [0.1, 0.15) is 11.9 Å². The van der Waals surface area contributed by atoms with E-state index in [9.17, 15) is 13.2 Å². The molecule has 0 N–H and O–H groups in total. The molecule has 0 unspecified atom stereocenters. The Morgan fingerprint density at radius 1 is 0.969 bits per heavy atom. The van der Waals surface area contributed by atoms with Gasteiger partial charge in [0.05, 0.1) is 4.90 Å². The second-order valence-corrected chi connectivity index (χ2v) is 10.4. The van der Waals surface area contributed by atoms with Crippen LogP contribution in [0.5, 0.6) is 5.75 Å². The van der Waals surface area contributed by atoms with E-state index in [2.05, 4.69) is 0 Å². The summed E-state index contributed by atoms with van der Waals surface area (Å²) in [5, 5.41) is 0.633. The van der Waals surface area contributed by atoms with Crippen molar-refractivity contribution >= 4 is 21.6 Å². The molecule has 168 valence electrons. The summed E-state index contributed by atoms with van der Waals surface area (Å²) in [6.07, 6.45) is 0.989. The Hall–Kier alpha value is -2.61. The molecule has 4 rings (SSSR count). The maximum absolute atomic E-state index is 13.2. The molecule has 3 aromatic rings. The first-order valence-corrected chi connectivity index (χ1v) is 12.3. The molecule has 0 atom stereocenters. The molecule has 32 heavy (non-hydrogen) atoms. The van der Waals surface area contributed by atoms with Gasteiger partial charge in [-0.15, -0.1) is 0 Å². The Kier molecular flexibility index (Phi) is 6.42. The molecule has 1 saturated heterocycles. The third kappa shape index (κ3) is 4.75. The monoisotopic (exact) mass is 472 g/mol. The van der Waals surface area contributed by atoms with Gasteiger partial charge >= 0.3 is 0 Å². The molecule has 0 radical (unpaired) electrons. The number of aromatic nitrogens is 1. The van der Waals surface area contributed by atoms with Crippen LogP contribution in [0, 0.1) is 6.92 Å². The first-order chi connectivity index (χ1) is 15.2. The first kappa shape index (κ1) is 22.6. The van der Waals surface area contributed by atoms with Gasteiger partial charge in [-0.25, -0.2) is 8.42 Å². The topological polar surface area (TPSA) is 68.6 Å². The van der Waals surface area contributed by atoms with Crippen LogP contribution in [0.3, 0.4) is 0 Å². The lowest BCUT2D eigenvalue weighted by Gasteiger charge is -2.31. The lowest BCUT2D eigenvalue weighted by Crippen LogP contribution is -2.41. The van der Waals surface area contributed by atoms with Gasteiger partial charge in [0, 0.05) is 36.9 Å². The summed E-state index contributed by atoms with van der Waals surface area (Å²) in [5.41, 5.74) is 2.42. The van der Waals surface area contributed by atoms with Gasteiger partial charge in [-0.2, -0.15) is 4.31 Å². The van der Waals surface area contributed by atoms with Crippen LogP contribution >= 0.6 is 11.6 Å². The smallest absolute Gasteiger partial charge is 0.254 e. The molecule has 0 amide bonds. The Labute approximate surface area is 193 Å². The predicted octanol–water partition coefficient (Wildman–Crippen LogP) is 4.25. The molecule has 2 heterocycles. The molecule has 8 heteroatoms. The summed E-state index contributed by atoms with van der Waals surface area (Å²) in [5.74, 6) is 0.530. The van der Waals surface area contributed by atoms with E-state index >= 15 is 0 Å². The van der Waals surface area contributed by atoms with E-state index in [4.69, 9.17) is 16.3 Å². The van der Waals surface area contributed by atoms with E-state index in [1.807, 2.05) is 31.2 Å². The van der Waals surface area contributed by atoms with Crippen molar-refractivity contribution in [3.8, 4) is 16.9 Å². The van der Waals surface area contributed by atoms with E-state index in [-0.39, 0.29) is 16.6 Å². The molecule has 1 fully saturated rings. The molecular formula is C24H25ClN2O4S. The second kappa shape index (κ2) is 9.10. The number of rotatable bonds is 5. The average Bonchev–Trinajstić information content (AvgIpc) is 2.78. The summed E-state index contributed by atoms with van der Waals surface area (Å²) >= 11 is 5.96. The van der Waals surface area contributed by atoms with Crippen molar-refractivity contribution in [2.24, 2.45) is 7.05 Å². The number of benzene rings is 2. The largest absolute Gasteiger partial charge is 0.490 e. The number of aryl methyl sites for hydroxylation is 1. The summed E-state index contributed by atoms with van der Waals surface area (Å²) in [6, 6.07) is 17.6. The zero-order chi connectivity index (χ0) is 22.9. The van der Waals surface area contributed by atoms with Crippen molar-refractivity contribution in [2.45, 2.75) is 30.8 Å². The van der Waals surface area contributed by atoms with Gasteiger partial charge in [0.2, 0.25) is 10.0 Å². The minimum atomic E-state index is -3.62. The second-order valence-electron chi connectivity index (χ2n) is 7.99. The lowest BCUT2D eigenvalue weighted by atomic mass is 10.1. The van der Waals surface area contributed by atoms with E-state index in [0.29, 0.717) is 36.7 Å². The van der Waals surface area contributed by atoms with Crippen molar-refractivity contribution in [2.75, 3.05) is 13.1 Å². The zero-order valence-corrected chi connectivity index (χ0v) is 19.6. The zero-order valence-electron chi connectivity index (χ0n) is 18.0. The van der Waals surface area contributed by atoms with Gasteiger partial charge in [-0.3, -0.25) is 4.79 Å². The van der Waals surface area contributed by atoms with Crippen LogP contribution in [-0.4, -0.2) is 36.5 Å². The molecular weight excluding hydrogens is 448 g/mol. The highest BCUT2D eigenvalue weighted by Crippen LogP contribution is 2.28. The van der Waals surface area contributed by atoms with Crippen molar-refractivity contribution in [1.29, 1.82) is 0 Å². The summed E-state index contributed by atoms with van der Waals surface area (Å²) in [4.78, 5) is 12.2. The Balaban J connectivity index is 1.46. The number of pyridine rings is 1. The van der Waals surface area contributed by atoms with Crippen LogP contribution in [0.15, 0.2) is 70.4 Å². The number of hydrogen-bond acceptors (Lipinski definition) is 4. The number of piperidine rings is 1. The van der Waals surface area contributed by atoms with E-state index in [1.54, 1.807) is 41.9 Å². The number of hydrogen-bond donors (Lipinski definition) is 0. The molecule has 1 aliphatic rings. The Morgan fingerprint density at radius 2 is 1.66 bits per heavy atom. The third-order valence-corrected chi connectivity index (χ3v) is 7.98. The number of ether oxygens (including phenoxy) is 1. The fraction of sp³-hybridized carbons (Fsp3) is 0.292. The van der Waals surface area contributed by atoms with Gasteiger partial charge in [0.15, 0.2) is 0 Å². The Morgan fingerprint density at radius 3 is 2.31 bits per heavy atom. The fourth-order valence-electron chi connectivity index (χ4n) is 3.82. The maximum atomic E-state index is 13.2. The third-order valence-electron chi connectivity index (χ3n) is 5.83. The van der Waals surface area contributed by atoms with Crippen LogP contribution in [0.4, 0.5) is 0 Å². The highest BCUT2D eigenvalue weighted by molar-refractivity contribution is 7.89. The van der Waals surface area contributed by atoms with Crippen LogP contribution in [0.1, 0.15) is 18.5 Å². The van der Waals surface area contributed by atoms with Crippen molar-refractivity contribution in [3.05, 3.63) is 81.7 Å². The van der Waals surface area contributed by atoms with Crippen molar-refractivity contribution < 1.29 is 13.2 Å². The maximum Gasteiger partial charge on any atom is 0.254 e. The van der Waals surface area contributed by atoms with Gasteiger partial charge in [-0.05, 0) is 61.2 Å². The SMILES string of the molecule is Cc1cc(OC2CCN(S(=O)(=O)c3cccc(-c4ccc(Cl)cc4)c3)CC2)cc(=O)n1C. The van der Waals surface area contributed by atoms with E-state index in [0.717, 1.165) is 16.8 Å². The molecule has 6 nitrogen and oxygen atoms in total. The lowest BCUT2D eigenvalue weighted by molar-refractivity contribution is 0.134. The van der Waals surface area contributed by atoms with Crippen LogP contribution in [0.2, 0.25) is 5.02 Å². The molecule has 2 aromatic carbocycles. The number of halogens is 1. The van der Waals surface area contributed by atoms with E-state index < -0.39 is 10.0 Å². The fourth-order valence-corrected chi connectivity index (χ4v) is 5.46. The minimum Gasteiger partial charge on any atom is -0.490 e. The van der Waals surface area contributed by atoms with Crippen LogP contribution in [0.25, 0.3) is 11.1 Å². The molecule has 1 aromatic heterocycles. The molecule has 0 bridgehead atoms. The van der Waals surface area contributed by atoms with Crippen LogP contribution in [-0.2, 0) is 17.1 Å². The normalized spacial score (nSPS) is 15.6. The highest BCUT2D eigenvalue weighted by atomic mass is 35.5. The van der Waals surface area contributed by atoms with Crippen LogP contribution < -0.4 is 10.3 Å². The molecule has 0 spiro atoms. The first-order valence-electron chi connectivity index (χ1n) is 10.4. The highest BCUT2D eigenvalue weighted by Gasteiger charge is 2.30. The minimum absolute atomic E-state index is 0.124. The number of nitrogens with zero attached hydrogens (tertiary/aromatic N) is 2. The predicted molar refractivity (Wildman–Crippen MR) is 126 cm³/mol. The standard InChI is InChI=1S/C24H25ClN2O4S/c1-17-14-22(16-24(28)26(17)2)31-21-10-12-27(13-11-21)32(29,30)23-5-3-4-19(15-23)18-6-8-20(25)9-7-18/h3-9,14-16,21H,10-13H2,1-2H3. The molecule has 1 aliphatic heterocycles. The average molecular weight is 473 g/mol. The Bertz CT molecular complexity index is 1280. The van der Waals surface area contributed by atoms with Gasteiger partial charge in [-0.1, -0.05) is 35.9 Å². The van der Waals surface area contributed by atoms with Crippen molar-refractivity contribution in [3.63, 3.8) is 0 Å². The van der Waals surface area contributed by atoms with Gasteiger partial charge in [0.25, 0.3) is 5.56 Å². The summed E-state index contributed by atoms with van der Waals surface area (Å²) in [6.45, 7) is 2.57.